The number of carboxylic acids is 1. The normalized spacial score (nSPS) is 15.3. The molecule has 1 aromatic carbocycles. The molecule has 0 aliphatic carbocycles. The second kappa shape index (κ2) is 7.65. The zero-order chi connectivity index (χ0) is 20.5. The largest absolute Gasteiger partial charge is 0.478 e. The molecule has 1 N–H and O–H groups in total. The molecule has 29 heavy (non-hydrogen) atoms. The van der Waals surface area contributed by atoms with Crippen molar-refractivity contribution in [2.75, 3.05) is 4.90 Å². The molecule has 1 aliphatic heterocycles. The van der Waals surface area contributed by atoms with Crippen molar-refractivity contribution in [3.8, 4) is 11.5 Å². The Morgan fingerprint density at radius 2 is 1.93 bits per heavy atom. The van der Waals surface area contributed by atoms with Gasteiger partial charge in [-0.25, -0.2) is 4.79 Å². The van der Waals surface area contributed by atoms with Crippen LogP contribution in [0.4, 0.5) is 5.69 Å². The lowest BCUT2D eigenvalue weighted by atomic mass is 10.2. The third-order valence-corrected chi connectivity index (χ3v) is 5.53. The number of furan rings is 1. The Labute approximate surface area is 175 Å². The van der Waals surface area contributed by atoms with Gasteiger partial charge in [0.2, 0.25) is 0 Å². The molecule has 4 rings (SSSR count). The summed E-state index contributed by atoms with van der Waals surface area (Å²) in [6.07, 6.45) is 3.40. The summed E-state index contributed by atoms with van der Waals surface area (Å²) in [7, 11) is 0. The first-order valence-electron chi connectivity index (χ1n) is 8.56. The SMILES string of the molecule is Cc1ccc(-c2ccc(/C=C3/SC(=S)N(c4ccc(C(=O)O)cc4)C3=O)o2)nc1. The van der Waals surface area contributed by atoms with Gasteiger partial charge >= 0.3 is 5.97 Å². The van der Waals surface area contributed by atoms with Gasteiger partial charge in [-0.2, -0.15) is 0 Å². The van der Waals surface area contributed by atoms with E-state index < -0.39 is 5.97 Å². The van der Waals surface area contributed by atoms with Crippen LogP contribution in [-0.2, 0) is 4.79 Å². The molecule has 1 amide bonds. The van der Waals surface area contributed by atoms with Crippen LogP contribution in [0.3, 0.4) is 0 Å². The van der Waals surface area contributed by atoms with Crippen molar-refractivity contribution in [3.05, 3.63) is 76.5 Å². The smallest absolute Gasteiger partial charge is 0.335 e. The predicted molar refractivity (Wildman–Crippen MR) is 116 cm³/mol. The number of aromatic nitrogens is 1. The van der Waals surface area contributed by atoms with E-state index in [1.165, 1.54) is 28.8 Å². The number of hydrogen-bond acceptors (Lipinski definition) is 6. The van der Waals surface area contributed by atoms with Gasteiger partial charge in [0.1, 0.15) is 11.5 Å². The van der Waals surface area contributed by atoms with E-state index in [1.807, 2.05) is 19.1 Å². The highest BCUT2D eigenvalue weighted by molar-refractivity contribution is 8.27. The number of carbonyl (C=O) groups excluding carboxylic acids is 1. The summed E-state index contributed by atoms with van der Waals surface area (Å²) in [6, 6.07) is 13.4. The van der Waals surface area contributed by atoms with Crippen LogP contribution in [0.5, 0.6) is 0 Å². The minimum absolute atomic E-state index is 0.141. The van der Waals surface area contributed by atoms with Gasteiger partial charge in [-0.3, -0.25) is 14.7 Å². The summed E-state index contributed by atoms with van der Waals surface area (Å²) < 4.78 is 6.18. The van der Waals surface area contributed by atoms with Crippen LogP contribution in [0.25, 0.3) is 17.5 Å². The fourth-order valence-corrected chi connectivity index (χ4v) is 4.03. The molecule has 0 bridgehead atoms. The average molecular weight is 422 g/mol. The Kier molecular flexibility index (Phi) is 5.04. The molecule has 6 nitrogen and oxygen atoms in total. The van der Waals surface area contributed by atoms with E-state index in [9.17, 15) is 9.59 Å². The van der Waals surface area contributed by atoms with Gasteiger partial charge in [0.25, 0.3) is 5.91 Å². The van der Waals surface area contributed by atoms with Crippen molar-refractivity contribution in [2.24, 2.45) is 0 Å². The number of thioether (sulfide) groups is 1. The van der Waals surface area contributed by atoms with E-state index in [4.69, 9.17) is 21.7 Å². The number of aromatic carboxylic acids is 1. The highest BCUT2D eigenvalue weighted by Crippen LogP contribution is 2.36. The highest BCUT2D eigenvalue weighted by atomic mass is 32.2. The lowest BCUT2D eigenvalue weighted by Crippen LogP contribution is -2.27. The molecule has 0 unspecified atom stereocenters. The maximum Gasteiger partial charge on any atom is 0.335 e. The molecule has 8 heteroatoms. The Morgan fingerprint density at radius 3 is 2.59 bits per heavy atom. The number of benzene rings is 1. The molecule has 144 valence electrons. The quantitative estimate of drug-likeness (QED) is 0.480. The fraction of sp³-hybridized carbons (Fsp3) is 0.0476. The van der Waals surface area contributed by atoms with Crippen LogP contribution in [0, 0.1) is 6.92 Å². The number of carbonyl (C=O) groups is 2. The van der Waals surface area contributed by atoms with Gasteiger partial charge in [0.15, 0.2) is 10.1 Å². The van der Waals surface area contributed by atoms with E-state index in [1.54, 1.807) is 36.5 Å². The minimum Gasteiger partial charge on any atom is -0.478 e. The van der Waals surface area contributed by atoms with Gasteiger partial charge in [-0.15, -0.1) is 0 Å². The van der Waals surface area contributed by atoms with Crippen LogP contribution in [-0.4, -0.2) is 26.3 Å². The number of thiocarbonyl (C=S) groups is 1. The molecule has 3 aromatic rings. The summed E-state index contributed by atoms with van der Waals surface area (Å²) in [5, 5.41) is 9.01. The van der Waals surface area contributed by atoms with E-state index in [0.29, 0.717) is 32.1 Å². The van der Waals surface area contributed by atoms with Gasteiger partial charge in [-0.05, 0) is 55.0 Å². The van der Waals surface area contributed by atoms with Crippen molar-refractivity contribution in [1.82, 2.24) is 4.98 Å². The maximum absolute atomic E-state index is 12.8. The second-order valence-electron chi connectivity index (χ2n) is 6.29. The fourth-order valence-electron chi connectivity index (χ4n) is 2.75. The topological polar surface area (TPSA) is 83.6 Å². The van der Waals surface area contributed by atoms with Gasteiger partial charge in [-0.1, -0.05) is 30.0 Å². The third-order valence-electron chi connectivity index (χ3n) is 4.23. The van der Waals surface area contributed by atoms with Crippen LogP contribution in [0.2, 0.25) is 0 Å². The molecular weight excluding hydrogens is 408 g/mol. The Bertz CT molecular complexity index is 1150. The van der Waals surface area contributed by atoms with E-state index >= 15 is 0 Å². The highest BCUT2D eigenvalue weighted by Gasteiger charge is 2.33. The van der Waals surface area contributed by atoms with Crippen molar-refractivity contribution in [3.63, 3.8) is 0 Å². The molecule has 1 aliphatic rings. The van der Waals surface area contributed by atoms with Gasteiger partial charge in [0.05, 0.1) is 16.2 Å². The predicted octanol–water partition coefficient (Wildman–Crippen LogP) is 4.75. The first kappa shape index (κ1) is 19.1. The molecule has 1 fully saturated rings. The summed E-state index contributed by atoms with van der Waals surface area (Å²) in [5.41, 5.74) is 2.43. The van der Waals surface area contributed by atoms with Crippen LogP contribution >= 0.6 is 24.0 Å². The Morgan fingerprint density at radius 1 is 1.17 bits per heavy atom. The number of anilines is 1. The molecule has 0 spiro atoms. The molecule has 2 aromatic heterocycles. The average Bonchev–Trinajstić information content (AvgIpc) is 3.27. The van der Waals surface area contributed by atoms with Crippen molar-refractivity contribution >= 4 is 51.9 Å². The van der Waals surface area contributed by atoms with Crippen LogP contribution < -0.4 is 4.90 Å². The number of hydrogen-bond donors (Lipinski definition) is 1. The molecule has 1 saturated heterocycles. The number of nitrogens with zero attached hydrogens (tertiary/aromatic N) is 2. The Balaban J connectivity index is 1.58. The maximum atomic E-state index is 12.8. The molecule has 0 atom stereocenters. The lowest BCUT2D eigenvalue weighted by molar-refractivity contribution is -0.113. The number of carboxylic acid groups (broad SMARTS) is 1. The number of amides is 1. The lowest BCUT2D eigenvalue weighted by Gasteiger charge is -2.14. The first-order valence-corrected chi connectivity index (χ1v) is 9.79. The van der Waals surface area contributed by atoms with Crippen molar-refractivity contribution in [1.29, 1.82) is 0 Å². The summed E-state index contributed by atoms with van der Waals surface area (Å²) >= 11 is 6.51. The summed E-state index contributed by atoms with van der Waals surface area (Å²) in [4.78, 5) is 30.0. The molecule has 0 saturated carbocycles. The zero-order valence-electron chi connectivity index (χ0n) is 15.2. The van der Waals surface area contributed by atoms with E-state index in [2.05, 4.69) is 4.98 Å². The molecule has 3 heterocycles. The summed E-state index contributed by atoms with van der Waals surface area (Å²) in [5.74, 6) is -0.187. The van der Waals surface area contributed by atoms with Gasteiger partial charge < -0.3 is 9.52 Å². The van der Waals surface area contributed by atoms with E-state index in [-0.39, 0.29) is 11.5 Å². The minimum atomic E-state index is -1.03. The van der Waals surface area contributed by atoms with Crippen molar-refractivity contribution in [2.45, 2.75) is 6.92 Å². The van der Waals surface area contributed by atoms with E-state index in [0.717, 1.165) is 5.56 Å². The first-order chi connectivity index (χ1) is 13.9. The number of aryl methyl sites for hydroxylation is 1. The van der Waals surface area contributed by atoms with Gasteiger partial charge in [0, 0.05) is 12.3 Å². The molecular formula is C21H14N2O4S2. The molecule has 0 radical (unpaired) electrons. The third kappa shape index (κ3) is 3.85. The van der Waals surface area contributed by atoms with Crippen LogP contribution in [0.1, 0.15) is 21.7 Å². The number of rotatable bonds is 4. The summed E-state index contributed by atoms with van der Waals surface area (Å²) in [6.45, 7) is 1.96. The van der Waals surface area contributed by atoms with Crippen LogP contribution in [0.15, 0.2) is 64.1 Å². The second-order valence-corrected chi connectivity index (χ2v) is 7.97. The zero-order valence-corrected chi connectivity index (χ0v) is 16.8. The number of pyridine rings is 1. The standard InChI is InChI=1S/C21H14N2O4S2/c1-12-2-8-16(22-11-12)17-9-7-15(27-17)10-18-19(24)23(21(28)29-18)14-5-3-13(4-6-14)20(25)26/h2-11H,1H3,(H,25,26)/b18-10+. The Hall–Kier alpha value is -3.23. The monoisotopic (exact) mass is 422 g/mol. The van der Waals surface area contributed by atoms with Crippen molar-refractivity contribution < 1.29 is 19.1 Å².